The van der Waals surface area contributed by atoms with E-state index in [2.05, 4.69) is 64.5 Å². The van der Waals surface area contributed by atoms with Crippen LogP contribution in [0.2, 0.25) is 0 Å². The Morgan fingerprint density at radius 2 is 2.00 bits per heavy atom. The van der Waals surface area contributed by atoms with E-state index >= 15 is 0 Å². The summed E-state index contributed by atoms with van der Waals surface area (Å²) in [5, 5.41) is 7.94. The van der Waals surface area contributed by atoms with Crippen molar-refractivity contribution in [1.82, 2.24) is 20.0 Å². The molecule has 7 heteroatoms. The van der Waals surface area contributed by atoms with Crippen molar-refractivity contribution in [1.29, 1.82) is 0 Å². The van der Waals surface area contributed by atoms with Gasteiger partial charge in [-0.25, -0.2) is 0 Å². The molecule has 0 saturated carbocycles. The van der Waals surface area contributed by atoms with Crippen LogP contribution < -0.4 is 5.32 Å². The molecule has 0 amide bonds. The lowest BCUT2D eigenvalue weighted by Crippen LogP contribution is -2.51. The first-order valence-corrected chi connectivity index (χ1v) is 10.2. The number of nitrogens with zero attached hydrogens (tertiary/aromatic N) is 4. The van der Waals surface area contributed by atoms with E-state index in [1.165, 1.54) is 5.56 Å². The molecule has 1 unspecified atom stereocenters. The van der Waals surface area contributed by atoms with Crippen LogP contribution in [0, 0.1) is 0 Å². The van der Waals surface area contributed by atoms with Crippen molar-refractivity contribution in [3.8, 4) is 0 Å². The number of halogens is 1. The Labute approximate surface area is 191 Å². The molecule has 1 aliphatic rings. The molecule has 0 spiro atoms. The van der Waals surface area contributed by atoms with E-state index in [9.17, 15) is 0 Å². The average molecular weight is 511 g/mol. The molecule has 0 radical (unpaired) electrons. The van der Waals surface area contributed by atoms with E-state index in [0.29, 0.717) is 6.61 Å². The van der Waals surface area contributed by atoms with Crippen molar-refractivity contribution in [2.24, 2.45) is 12.0 Å². The predicted molar refractivity (Wildman–Crippen MR) is 129 cm³/mol. The number of aliphatic imine (C=N–C) groups is 1. The summed E-state index contributed by atoms with van der Waals surface area (Å²) in [5.41, 5.74) is 2.60. The molecule has 1 N–H and O–H groups in total. The van der Waals surface area contributed by atoms with Gasteiger partial charge in [0.15, 0.2) is 5.96 Å². The molecule has 160 valence electrons. The third kappa shape index (κ3) is 5.51. The Morgan fingerprint density at radius 3 is 2.59 bits per heavy atom. The van der Waals surface area contributed by atoms with Gasteiger partial charge in [0.2, 0.25) is 0 Å². The van der Waals surface area contributed by atoms with E-state index in [1.807, 2.05) is 31.2 Å². The summed E-state index contributed by atoms with van der Waals surface area (Å²) < 4.78 is 7.80. The standard InChI is InChI=1S/C22H33N5O.HI/c1-5-22(6-2,19-10-8-7-9-11-19)17-24-21(23-3)27-12-13-28-20(16-27)18-14-25-26(4)15-18;/h7-11,14-15,20H,5-6,12-13,16-17H2,1-4H3,(H,23,24);1H. The number of aromatic nitrogens is 2. The second-order valence-electron chi connectivity index (χ2n) is 7.51. The molecule has 29 heavy (non-hydrogen) atoms. The van der Waals surface area contributed by atoms with Gasteiger partial charge in [-0.05, 0) is 18.4 Å². The van der Waals surface area contributed by atoms with Crippen molar-refractivity contribution >= 4 is 29.9 Å². The van der Waals surface area contributed by atoms with Gasteiger partial charge in [0.25, 0.3) is 0 Å². The SMILES string of the molecule is CCC(CC)(CNC(=NC)N1CCOC(c2cnn(C)c2)C1)c1ccccc1.I. The Morgan fingerprint density at radius 1 is 1.28 bits per heavy atom. The molecular weight excluding hydrogens is 477 g/mol. The number of ether oxygens (including phenoxy) is 1. The molecule has 1 aromatic carbocycles. The van der Waals surface area contributed by atoms with Crippen molar-refractivity contribution < 1.29 is 4.74 Å². The van der Waals surface area contributed by atoms with Gasteiger partial charge in [-0.3, -0.25) is 9.67 Å². The van der Waals surface area contributed by atoms with E-state index in [0.717, 1.165) is 44.0 Å². The average Bonchev–Trinajstić information content (AvgIpc) is 3.19. The monoisotopic (exact) mass is 511 g/mol. The van der Waals surface area contributed by atoms with Gasteiger partial charge in [-0.2, -0.15) is 5.10 Å². The number of guanidine groups is 1. The van der Waals surface area contributed by atoms with Gasteiger partial charge in [-0.15, -0.1) is 24.0 Å². The number of rotatable bonds is 6. The van der Waals surface area contributed by atoms with Crippen molar-refractivity contribution in [3.63, 3.8) is 0 Å². The highest BCUT2D eigenvalue weighted by Crippen LogP contribution is 2.31. The minimum Gasteiger partial charge on any atom is -0.370 e. The third-order valence-corrected chi connectivity index (χ3v) is 6.00. The van der Waals surface area contributed by atoms with E-state index in [4.69, 9.17) is 4.74 Å². The second-order valence-corrected chi connectivity index (χ2v) is 7.51. The lowest BCUT2D eigenvalue weighted by Gasteiger charge is -2.38. The first-order chi connectivity index (χ1) is 13.6. The van der Waals surface area contributed by atoms with E-state index in [-0.39, 0.29) is 35.5 Å². The molecule has 0 bridgehead atoms. The zero-order chi connectivity index (χ0) is 20.0. The quantitative estimate of drug-likeness (QED) is 0.365. The van der Waals surface area contributed by atoms with Crippen LogP contribution in [0.4, 0.5) is 0 Å². The number of benzene rings is 1. The van der Waals surface area contributed by atoms with Crippen molar-refractivity contribution in [2.75, 3.05) is 33.3 Å². The molecule has 1 aromatic heterocycles. The molecular formula is C22H34IN5O. The molecule has 3 rings (SSSR count). The van der Waals surface area contributed by atoms with Gasteiger partial charge in [0, 0.05) is 44.4 Å². The van der Waals surface area contributed by atoms with E-state index in [1.54, 1.807) is 0 Å². The molecule has 0 aliphatic carbocycles. The normalized spacial score (nSPS) is 17.7. The van der Waals surface area contributed by atoms with Crippen LogP contribution in [0.3, 0.4) is 0 Å². The molecule has 2 aromatic rings. The zero-order valence-electron chi connectivity index (χ0n) is 18.0. The lowest BCUT2D eigenvalue weighted by molar-refractivity contribution is -0.00812. The molecule has 6 nitrogen and oxygen atoms in total. The topological polar surface area (TPSA) is 54.7 Å². The second kappa shape index (κ2) is 11.0. The predicted octanol–water partition coefficient (Wildman–Crippen LogP) is 3.74. The summed E-state index contributed by atoms with van der Waals surface area (Å²) >= 11 is 0. The molecule has 1 fully saturated rings. The van der Waals surface area contributed by atoms with Crippen LogP contribution in [0.5, 0.6) is 0 Å². The van der Waals surface area contributed by atoms with Gasteiger partial charge in [0.05, 0.1) is 19.3 Å². The van der Waals surface area contributed by atoms with E-state index < -0.39 is 0 Å². The van der Waals surface area contributed by atoms with Crippen LogP contribution >= 0.6 is 24.0 Å². The number of morpholine rings is 1. The summed E-state index contributed by atoms with van der Waals surface area (Å²) in [4.78, 5) is 6.86. The van der Waals surface area contributed by atoms with Crippen LogP contribution in [0.15, 0.2) is 47.7 Å². The summed E-state index contributed by atoms with van der Waals surface area (Å²) in [6.45, 7) is 7.72. The molecule has 2 heterocycles. The maximum Gasteiger partial charge on any atom is 0.193 e. The first-order valence-electron chi connectivity index (χ1n) is 10.2. The van der Waals surface area contributed by atoms with Crippen molar-refractivity contribution in [2.45, 2.75) is 38.2 Å². The number of nitrogens with one attached hydrogen (secondary N) is 1. The van der Waals surface area contributed by atoms with Gasteiger partial charge < -0.3 is 15.0 Å². The first kappa shape index (κ1) is 23.7. The highest BCUT2D eigenvalue weighted by atomic mass is 127. The molecule has 1 atom stereocenters. The van der Waals surface area contributed by atoms with Crippen LogP contribution in [0.25, 0.3) is 0 Å². The highest BCUT2D eigenvalue weighted by Gasteiger charge is 2.30. The van der Waals surface area contributed by atoms with Crippen molar-refractivity contribution in [3.05, 3.63) is 53.9 Å². The summed E-state index contributed by atoms with van der Waals surface area (Å²) in [7, 11) is 3.79. The molecule has 1 saturated heterocycles. The maximum absolute atomic E-state index is 5.98. The highest BCUT2D eigenvalue weighted by molar-refractivity contribution is 14.0. The Balaban J connectivity index is 0.00000300. The minimum absolute atomic E-state index is 0. The Bertz CT molecular complexity index is 773. The number of aryl methyl sites for hydroxylation is 1. The zero-order valence-corrected chi connectivity index (χ0v) is 20.3. The molecule has 1 aliphatic heterocycles. The van der Waals surface area contributed by atoms with Crippen LogP contribution in [-0.4, -0.2) is 53.9 Å². The fraction of sp³-hybridized carbons (Fsp3) is 0.545. The number of hydrogen-bond donors (Lipinski definition) is 1. The summed E-state index contributed by atoms with van der Waals surface area (Å²) in [6.07, 6.45) is 6.10. The largest absolute Gasteiger partial charge is 0.370 e. The fourth-order valence-electron chi connectivity index (χ4n) is 4.03. The van der Waals surface area contributed by atoms with Gasteiger partial charge >= 0.3 is 0 Å². The third-order valence-electron chi connectivity index (χ3n) is 6.00. The van der Waals surface area contributed by atoms with Crippen LogP contribution in [-0.2, 0) is 17.2 Å². The Kier molecular flexibility index (Phi) is 8.95. The lowest BCUT2D eigenvalue weighted by atomic mass is 9.76. The summed E-state index contributed by atoms with van der Waals surface area (Å²) in [5.74, 6) is 0.944. The fourth-order valence-corrected chi connectivity index (χ4v) is 4.03. The maximum atomic E-state index is 5.98. The minimum atomic E-state index is 0. The van der Waals surface area contributed by atoms with Gasteiger partial charge in [-0.1, -0.05) is 44.2 Å². The Hall–Kier alpha value is -1.61. The summed E-state index contributed by atoms with van der Waals surface area (Å²) in [6, 6.07) is 10.8. The smallest absolute Gasteiger partial charge is 0.193 e. The van der Waals surface area contributed by atoms with Gasteiger partial charge in [0.1, 0.15) is 6.10 Å². The number of hydrogen-bond acceptors (Lipinski definition) is 3. The van der Waals surface area contributed by atoms with Crippen LogP contribution in [0.1, 0.15) is 43.9 Å².